The smallest absolute Gasteiger partial charge is 0.257 e. The van der Waals surface area contributed by atoms with E-state index in [-0.39, 0.29) is 24.1 Å². The quantitative estimate of drug-likeness (QED) is 0.543. The maximum atomic E-state index is 14.1. The van der Waals surface area contributed by atoms with Gasteiger partial charge in [0, 0.05) is 37.8 Å². The molecule has 7 nitrogen and oxygen atoms in total. The molecule has 0 aliphatic carbocycles. The summed E-state index contributed by atoms with van der Waals surface area (Å²) in [5.41, 5.74) is 3.01. The Balaban J connectivity index is 1.35. The number of carbonyl (C=O) groups is 2. The zero-order valence-corrected chi connectivity index (χ0v) is 20.3. The lowest BCUT2D eigenvalue weighted by atomic mass is 10.1. The minimum absolute atomic E-state index is 0.0218. The molecule has 8 heteroatoms. The molecular weight excluding hydrogens is 445 g/mol. The highest BCUT2D eigenvalue weighted by Gasteiger charge is 2.28. The van der Waals surface area contributed by atoms with Crippen molar-refractivity contribution in [1.29, 1.82) is 0 Å². The lowest BCUT2D eigenvalue weighted by molar-refractivity contribution is -0.132. The van der Waals surface area contributed by atoms with Crippen molar-refractivity contribution in [2.24, 2.45) is 0 Å². The number of anilines is 1. The highest BCUT2D eigenvalue weighted by Crippen LogP contribution is 2.20. The van der Waals surface area contributed by atoms with Gasteiger partial charge in [0.05, 0.1) is 11.3 Å². The topological polar surface area (TPSA) is 69.6 Å². The van der Waals surface area contributed by atoms with Crippen molar-refractivity contribution in [3.05, 3.63) is 77.6 Å². The van der Waals surface area contributed by atoms with Gasteiger partial charge in [0.25, 0.3) is 5.91 Å². The van der Waals surface area contributed by atoms with Crippen LogP contribution in [0.3, 0.4) is 0 Å². The van der Waals surface area contributed by atoms with E-state index in [0.717, 1.165) is 17.1 Å². The van der Waals surface area contributed by atoms with Gasteiger partial charge in [-0.3, -0.25) is 9.59 Å². The first-order valence-corrected chi connectivity index (χ1v) is 11.8. The highest BCUT2D eigenvalue weighted by molar-refractivity contribution is 5.97. The second-order valence-corrected chi connectivity index (χ2v) is 9.02. The molecule has 0 spiro atoms. The zero-order valence-electron chi connectivity index (χ0n) is 20.3. The van der Waals surface area contributed by atoms with Crippen LogP contribution in [0, 0.1) is 12.7 Å². The van der Waals surface area contributed by atoms with Gasteiger partial charge in [0.15, 0.2) is 5.82 Å². The molecular formula is C27H30FN5O2. The van der Waals surface area contributed by atoms with E-state index < -0.39 is 11.7 Å². The second kappa shape index (κ2) is 10.6. The summed E-state index contributed by atoms with van der Waals surface area (Å²) in [6.45, 7) is 7.87. The molecule has 182 valence electrons. The average Bonchev–Trinajstić information content (AvgIpc) is 2.87. The number of aromatic nitrogens is 2. The third-order valence-corrected chi connectivity index (χ3v) is 6.25. The maximum absolute atomic E-state index is 14.1. The van der Waals surface area contributed by atoms with Crippen LogP contribution in [0.1, 0.15) is 29.8 Å². The monoisotopic (exact) mass is 475 g/mol. The normalized spacial score (nSPS) is 13.7. The lowest BCUT2D eigenvalue weighted by Gasteiger charge is -2.36. The number of rotatable bonds is 6. The van der Waals surface area contributed by atoms with Crippen LogP contribution >= 0.6 is 0 Å². The Kier molecular flexibility index (Phi) is 7.39. The Morgan fingerprint density at radius 1 is 0.943 bits per heavy atom. The molecule has 1 aliphatic rings. The van der Waals surface area contributed by atoms with Gasteiger partial charge in [-0.05, 0) is 45.0 Å². The molecule has 1 aromatic heterocycles. The Morgan fingerprint density at radius 3 is 2.23 bits per heavy atom. The van der Waals surface area contributed by atoms with Crippen LogP contribution in [0.15, 0.2) is 60.7 Å². The van der Waals surface area contributed by atoms with E-state index in [0.29, 0.717) is 26.2 Å². The van der Waals surface area contributed by atoms with Gasteiger partial charge in [-0.1, -0.05) is 42.0 Å². The summed E-state index contributed by atoms with van der Waals surface area (Å²) in [7, 11) is 0. The van der Waals surface area contributed by atoms with E-state index in [1.165, 1.54) is 28.7 Å². The number of amides is 2. The molecule has 2 amide bonds. The van der Waals surface area contributed by atoms with Crippen molar-refractivity contribution >= 4 is 17.6 Å². The largest absolute Gasteiger partial charge is 0.352 e. The van der Waals surface area contributed by atoms with Crippen LogP contribution in [-0.2, 0) is 4.79 Å². The second-order valence-electron chi connectivity index (χ2n) is 9.02. The van der Waals surface area contributed by atoms with Crippen LogP contribution in [0.5, 0.6) is 0 Å². The lowest BCUT2D eigenvalue weighted by Crippen LogP contribution is -2.53. The van der Waals surface area contributed by atoms with Crippen LogP contribution in [-0.4, -0.2) is 70.6 Å². The first-order chi connectivity index (χ1) is 16.8. The Labute approximate surface area is 205 Å². The molecule has 3 aromatic rings. The summed E-state index contributed by atoms with van der Waals surface area (Å²) in [6, 6.07) is 17.7. The third-order valence-electron chi connectivity index (χ3n) is 6.25. The first-order valence-electron chi connectivity index (χ1n) is 11.8. The van der Waals surface area contributed by atoms with E-state index in [9.17, 15) is 14.0 Å². The summed E-state index contributed by atoms with van der Waals surface area (Å²) >= 11 is 0. The molecule has 0 unspecified atom stereocenters. The van der Waals surface area contributed by atoms with E-state index in [4.69, 9.17) is 0 Å². The summed E-state index contributed by atoms with van der Waals surface area (Å²) in [5.74, 6) is -0.442. The minimum atomic E-state index is -0.585. The number of nitrogens with zero attached hydrogens (tertiary/aromatic N) is 5. The highest BCUT2D eigenvalue weighted by atomic mass is 19.1. The number of benzene rings is 2. The maximum Gasteiger partial charge on any atom is 0.257 e. The van der Waals surface area contributed by atoms with Gasteiger partial charge in [-0.25, -0.2) is 4.39 Å². The Bertz CT molecular complexity index is 1170. The van der Waals surface area contributed by atoms with Crippen molar-refractivity contribution in [3.8, 4) is 11.3 Å². The number of aryl methyl sites for hydroxylation is 1. The fraction of sp³-hybridized carbons (Fsp3) is 0.333. The predicted molar refractivity (Wildman–Crippen MR) is 134 cm³/mol. The van der Waals surface area contributed by atoms with Crippen LogP contribution in [0.2, 0.25) is 0 Å². The molecule has 0 bridgehead atoms. The fourth-order valence-electron chi connectivity index (χ4n) is 4.08. The average molecular weight is 476 g/mol. The molecule has 0 N–H and O–H groups in total. The number of hydrogen-bond donors (Lipinski definition) is 0. The molecule has 4 rings (SSSR count). The number of carbonyl (C=O) groups excluding carboxylic acids is 2. The molecule has 1 saturated heterocycles. The van der Waals surface area contributed by atoms with Gasteiger partial charge >= 0.3 is 0 Å². The molecule has 0 atom stereocenters. The minimum Gasteiger partial charge on any atom is -0.352 e. The van der Waals surface area contributed by atoms with E-state index in [1.807, 2.05) is 57.2 Å². The summed E-state index contributed by atoms with van der Waals surface area (Å²) in [4.78, 5) is 31.2. The van der Waals surface area contributed by atoms with Crippen LogP contribution in [0.4, 0.5) is 10.2 Å². The number of hydrogen-bond acceptors (Lipinski definition) is 5. The van der Waals surface area contributed by atoms with Gasteiger partial charge in [0.1, 0.15) is 12.4 Å². The van der Waals surface area contributed by atoms with Gasteiger partial charge < -0.3 is 14.7 Å². The molecule has 0 saturated carbocycles. The predicted octanol–water partition coefficient (Wildman–Crippen LogP) is 3.79. The van der Waals surface area contributed by atoms with Crippen LogP contribution in [0.25, 0.3) is 11.3 Å². The SMILES string of the molecule is Cc1ccc(-c2ccc(N3CCN(C(=O)CN(C(=O)c4ccccc4F)C(C)C)CC3)nn2)cc1. The zero-order chi connectivity index (χ0) is 24.9. The summed E-state index contributed by atoms with van der Waals surface area (Å²) in [5, 5.41) is 8.77. The molecule has 1 aliphatic heterocycles. The molecule has 2 heterocycles. The van der Waals surface area contributed by atoms with Gasteiger partial charge in [-0.15, -0.1) is 10.2 Å². The van der Waals surface area contributed by atoms with Crippen molar-refractivity contribution < 1.29 is 14.0 Å². The molecule has 2 aromatic carbocycles. The first kappa shape index (κ1) is 24.3. The number of piperazine rings is 1. The van der Waals surface area contributed by atoms with E-state index in [2.05, 4.69) is 15.1 Å². The van der Waals surface area contributed by atoms with Crippen molar-refractivity contribution in [2.75, 3.05) is 37.6 Å². The van der Waals surface area contributed by atoms with E-state index in [1.54, 1.807) is 11.0 Å². The molecule has 0 radical (unpaired) electrons. The van der Waals surface area contributed by atoms with Crippen molar-refractivity contribution in [2.45, 2.75) is 26.8 Å². The Hall–Kier alpha value is -3.81. The molecule has 35 heavy (non-hydrogen) atoms. The van der Waals surface area contributed by atoms with Crippen molar-refractivity contribution in [1.82, 2.24) is 20.0 Å². The van der Waals surface area contributed by atoms with E-state index >= 15 is 0 Å². The standard InChI is InChI=1S/C27H30FN5O2/c1-19(2)33(27(35)22-6-4-5-7-23(22)28)18-26(34)32-16-14-31(15-17-32)25-13-12-24(29-30-25)21-10-8-20(3)9-11-21/h4-13,19H,14-18H2,1-3H3. The van der Waals surface area contributed by atoms with Crippen molar-refractivity contribution in [3.63, 3.8) is 0 Å². The fourth-order valence-corrected chi connectivity index (χ4v) is 4.08. The summed E-state index contributed by atoms with van der Waals surface area (Å²) in [6.07, 6.45) is 0. The van der Waals surface area contributed by atoms with Gasteiger partial charge in [0.2, 0.25) is 5.91 Å². The third kappa shape index (κ3) is 5.65. The van der Waals surface area contributed by atoms with Crippen LogP contribution < -0.4 is 4.90 Å². The van der Waals surface area contributed by atoms with Gasteiger partial charge in [-0.2, -0.15) is 0 Å². The molecule has 1 fully saturated rings. The number of halogens is 1. The summed E-state index contributed by atoms with van der Waals surface area (Å²) < 4.78 is 14.1. The Morgan fingerprint density at radius 2 is 1.63 bits per heavy atom.